The Balaban J connectivity index is 2.58. The smallest absolute Gasteiger partial charge is 0.262 e. The lowest BCUT2D eigenvalue weighted by Gasteiger charge is -2.16. The summed E-state index contributed by atoms with van der Waals surface area (Å²) in [5.74, 6) is 0. The summed E-state index contributed by atoms with van der Waals surface area (Å²) in [7, 11) is -3.80. The monoisotopic (exact) mass is 325 g/mol. The summed E-state index contributed by atoms with van der Waals surface area (Å²) in [5.41, 5.74) is 8.55. The van der Waals surface area contributed by atoms with Gasteiger partial charge in [-0.3, -0.25) is 9.71 Å². The molecule has 0 bridgehead atoms. The Kier molecular flexibility index (Phi) is 4.11. The predicted molar refractivity (Wildman–Crippen MR) is 85.1 cm³/mol. The van der Waals surface area contributed by atoms with Gasteiger partial charge in [-0.05, 0) is 49.6 Å². The molecule has 21 heavy (non-hydrogen) atoms. The lowest BCUT2D eigenvalue weighted by atomic mass is 10.1. The molecule has 2 aromatic rings. The van der Waals surface area contributed by atoms with Crippen LogP contribution in [0.2, 0.25) is 5.02 Å². The number of pyridine rings is 1. The molecule has 0 radical (unpaired) electrons. The van der Waals surface area contributed by atoms with E-state index in [9.17, 15) is 8.42 Å². The van der Waals surface area contributed by atoms with Crippen molar-refractivity contribution in [2.75, 3.05) is 10.5 Å². The highest BCUT2D eigenvalue weighted by Crippen LogP contribution is 2.30. The van der Waals surface area contributed by atoms with Crippen LogP contribution < -0.4 is 10.5 Å². The van der Waals surface area contributed by atoms with Gasteiger partial charge in [-0.15, -0.1) is 0 Å². The highest BCUT2D eigenvalue weighted by molar-refractivity contribution is 7.92. The Morgan fingerprint density at radius 3 is 2.52 bits per heavy atom. The molecule has 0 unspecified atom stereocenters. The van der Waals surface area contributed by atoms with Crippen LogP contribution in [0.3, 0.4) is 0 Å². The van der Waals surface area contributed by atoms with Gasteiger partial charge >= 0.3 is 0 Å². The number of aryl methyl sites for hydroxylation is 1. The van der Waals surface area contributed by atoms with Crippen molar-refractivity contribution >= 4 is 33.0 Å². The second-order valence-corrected chi connectivity index (χ2v) is 6.85. The number of benzene rings is 1. The number of anilines is 2. The van der Waals surface area contributed by atoms with Crippen molar-refractivity contribution in [3.63, 3.8) is 0 Å². The van der Waals surface area contributed by atoms with Crippen LogP contribution in [0.15, 0.2) is 29.4 Å². The van der Waals surface area contributed by atoms with Gasteiger partial charge in [0.1, 0.15) is 0 Å². The maximum Gasteiger partial charge on any atom is 0.262 e. The number of aromatic nitrogens is 1. The van der Waals surface area contributed by atoms with Gasteiger partial charge in [-0.1, -0.05) is 11.6 Å². The second-order valence-electron chi connectivity index (χ2n) is 4.82. The molecule has 0 saturated carbocycles. The number of halogens is 1. The van der Waals surface area contributed by atoms with Crippen molar-refractivity contribution in [2.24, 2.45) is 0 Å². The molecular weight excluding hydrogens is 310 g/mol. The van der Waals surface area contributed by atoms with Crippen molar-refractivity contribution in [3.8, 4) is 0 Å². The first-order valence-corrected chi connectivity index (χ1v) is 8.08. The summed E-state index contributed by atoms with van der Waals surface area (Å²) in [6.07, 6.45) is 2.85. The van der Waals surface area contributed by atoms with Gasteiger partial charge in [0.05, 0.1) is 21.8 Å². The number of hydrogen-bond donors (Lipinski definition) is 2. The third-order valence-corrected chi connectivity index (χ3v) is 5.33. The van der Waals surface area contributed by atoms with E-state index in [0.717, 1.165) is 5.56 Å². The molecule has 0 atom stereocenters. The predicted octanol–water partition coefficient (Wildman–Crippen LogP) is 3.04. The molecule has 1 aromatic heterocycles. The van der Waals surface area contributed by atoms with E-state index in [1.165, 1.54) is 18.5 Å². The van der Waals surface area contributed by atoms with Crippen LogP contribution >= 0.6 is 11.6 Å². The maximum atomic E-state index is 12.6. The van der Waals surface area contributed by atoms with E-state index in [-0.39, 0.29) is 15.6 Å². The zero-order valence-electron chi connectivity index (χ0n) is 11.9. The number of rotatable bonds is 3. The molecule has 0 aliphatic carbocycles. The Hall–Kier alpha value is -1.79. The minimum atomic E-state index is -3.80. The largest absolute Gasteiger partial charge is 0.398 e. The van der Waals surface area contributed by atoms with Gasteiger partial charge in [0.2, 0.25) is 0 Å². The molecule has 0 spiro atoms. The van der Waals surface area contributed by atoms with E-state index in [2.05, 4.69) is 9.71 Å². The first-order valence-electron chi connectivity index (χ1n) is 6.22. The molecule has 1 aromatic carbocycles. The molecule has 0 fully saturated rings. The van der Waals surface area contributed by atoms with Crippen LogP contribution in [-0.2, 0) is 10.0 Å². The van der Waals surface area contributed by atoms with E-state index in [4.69, 9.17) is 17.3 Å². The fourth-order valence-electron chi connectivity index (χ4n) is 2.09. The van der Waals surface area contributed by atoms with Gasteiger partial charge in [0.25, 0.3) is 10.0 Å². The Morgan fingerprint density at radius 2 is 1.90 bits per heavy atom. The molecule has 0 saturated heterocycles. The number of nitrogens with one attached hydrogen (secondary N) is 1. The molecule has 3 N–H and O–H groups in total. The number of hydrogen-bond acceptors (Lipinski definition) is 4. The fraction of sp³-hybridized carbons (Fsp3) is 0.214. The molecule has 112 valence electrons. The van der Waals surface area contributed by atoms with Crippen LogP contribution in [0.1, 0.15) is 16.7 Å². The van der Waals surface area contributed by atoms with Crippen LogP contribution in [0, 0.1) is 20.8 Å². The average molecular weight is 326 g/mol. The van der Waals surface area contributed by atoms with Gasteiger partial charge in [0, 0.05) is 11.9 Å². The lowest BCUT2D eigenvalue weighted by molar-refractivity contribution is 0.600. The highest BCUT2D eigenvalue weighted by atomic mass is 35.5. The Labute approximate surface area is 129 Å². The normalized spacial score (nSPS) is 11.4. The maximum absolute atomic E-state index is 12.6. The van der Waals surface area contributed by atoms with E-state index in [1.807, 2.05) is 6.92 Å². The summed E-state index contributed by atoms with van der Waals surface area (Å²) < 4.78 is 27.8. The summed E-state index contributed by atoms with van der Waals surface area (Å²) in [4.78, 5) is 4.05. The number of nitrogens with two attached hydrogens (primary N) is 1. The summed E-state index contributed by atoms with van der Waals surface area (Å²) in [6, 6.07) is 3.28. The molecule has 0 aliphatic heterocycles. The van der Waals surface area contributed by atoms with Crippen molar-refractivity contribution in [2.45, 2.75) is 25.7 Å². The standard InChI is InChI=1S/C14H16ClN3O2S/c1-8-6-12(16)10(3)14(9(8)2)21(19,20)18-13-7-17-5-4-11(13)15/h4-7,18H,16H2,1-3H3. The topological polar surface area (TPSA) is 85.1 Å². The van der Waals surface area contributed by atoms with Gasteiger partial charge in [-0.25, -0.2) is 8.42 Å². The fourth-order valence-corrected chi connectivity index (χ4v) is 3.94. The summed E-state index contributed by atoms with van der Waals surface area (Å²) in [6.45, 7) is 5.25. The highest BCUT2D eigenvalue weighted by Gasteiger charge is 2.23. The quantitative estimate of drug-likeness (QED) is 0.849. The van der Waals surface area contributed by atoms with Crippen molar-refractivity contribution < 1.29 is 8.42 Å². The zero-order chi connectivity index (χ0) is 15.8. The average Bonchev–Trinajstić information content (AvgIpc) is 2.39. The first-order chi connectivity index (χ1) is 9.74. The SMILES string of the molecule is Cc1cc(N)c(C)c(S(=O)(=O)Nc2cnccc2Cl)c1C. The van der Waals surface area contributed by atoms with Crippen LogP contribution in [-0.4, -0.2) is 13.4 Å². The third-order valence-electron chi connectivity index (χ3n) is 3.36. The Bertz CT molecular complexity index is 778. The van der Waals surface area contributed by atoms with Crippen LogP contribution in [0.5, 0.6) is 0 Å². The molecule has 0 amide bonds. The van der Waals surface area contributed by atoms with Crippen molar-refractivity contribution in [1.82, 2.24) is 4.98 Å². The number of sulfonamides is 1. The molecule has 0 aliphatic rings. The lowest BCUT2D eigenvalue weighted by Crippen LogP contribution is -2.17. The molecule has 2 rings (SSSR count). The third kappa shape index (κ3) is 2.96. The van der Waals surface area contributed by atoms with Crippen LogP contribution in [0.4, 0.5) is 11.4 Å². The number of nitrogens with zero attached hydrogens (tertiary/aromatic N) is 1. The van der Waals surface area contributed by atoms with Gasteiger partial charge < -0.3 is 5.73 Å². The zero-order valence-corrected chi connectivity index (χ0v) is 13.5. The Morgan fingerprint density at radius 1 is 1.24 bits per heavy atom. The summed E-state index contributed by atoms with van der Waals surface area (Å²) >= 11 is 5.97. The van der Waals surface area contributed by atoms with Gasteiger partial charge in [-0.2, -0.15) is 0 Å². The minimum Gasteiger partial charge on any atom is -0.398 e. The van der Waals surface area contributed by atoms with Gasteiger partial charge in [0.15, 0.2) is 0 Å². The minimum absolute atomic E-state index is 0.180. The number of nitrogen functional groups attached to an aromatic ring is 1. The van der Waals surface area contributed by atoms with E-state index >= 15 is 0 Å². The molecule has 7 heteroatoms. The molecular formula is C14H16ClN3O2S. The van der Waals surface area contributed by atoms with E-state index < -0.39 is 10.0 Å². The van der Waals surface area contributed by atoms with Crippen molar-refractivity contribution in [3.05, 3.63) is 46.2 Å². The first kappa shape index (κ1) is 15.6. The van der Waals surface area contributed by atoms with Crippen molar-refractivity contribution in [1.29, 1.82) is 0 Å². The molecule has 5 nitrogen and oxygen atoms in total. The van der Waals surface area contributed by atoms with E-state index in [1.54, 1.807) is 19.9 Å². The summed E-state index contributed by atoms with van der Waals surface area (Å²) in [5, 5.41) is 0.282. The second kappa shape index (κ2) is 5.54. The van der Waals surface area contributed by atoms with Crippen LogP contribution in [0.25, 0.3) is 0 Å². The molecule has 1 heterocycles. The van der Waals surface area contributed by atoms with E-state index in [0.29, 0.717) is 16.8 Å².